The number of unbranched alkanes of at least 4 members (excludes halogenated alkanes) is 2. The number of carboxylic acid groups (broad SMARTS) is 1. The van der Waals surface area contributed by atoms with Crippen molar-refractivity contribution in [3.05, 3.63) is 88.9 Å². The second-order valence-corrected chi connectivity index (χ2v) is 8.74. The van der Waals surface area contributed by atoms with Crippen molar-refractivity contribution in [2.24, 2.45) is 0 Å². The van der Waals surface area contributed by atoms with Gasteiger partial charge in [0.25, 0.3) is 11.8 Å². The number of anilines is 2. The molecule has 3 rings (SSSR count). The lowest BCUT2D eigenvalue weighted by Gasteiger charge is -2.22. The third kappa shape index (κ3) is 7.09. The van der Waals surface area contributed by atoms with Crippen LogP contribution in [0.4, 0.5) is 11.4 Å². The van der Waals surface area contributed by atoms with Crippen LogP contribution in [0.1, 0.15) is 46.4 Å². The first-order valence-electron chi connectivity index (χ1n) is 11.6. The smallest absolute Gasteiger partial charge is 0.303 e. The lowest BCUT2D eigenvalue weighted by atomic mass is 10.1. The highest BCUT2D eigenvalue weighted by molar-refractivity contribution is 6.30. The fourth-order valence-corrected chi connectivity index (χ4v) is 3.80. The summed E-state index contributed by atoms with van der Waals surface area (Å²) in [7, 11) is 3.35. The second-order valence-electron chi connectivity index (χ2n) is 8.31. The molecule has 0 unspecified atom stereocenters. The van der Waals surface area contributed by atoms with Crippen LogP contribution in [0.3, 0.4) is 0 Å². The van der Waals surface area contributed by atoms with E-state index in [0.717, 1.165) is 6.42 Å². The van der Waals surface area contributed by atoms with Crippen molar-refractivity contribution in [3.63, 3.8) is 0 Å². The molecule has 0 heterocycles. The van der Waals surface area contributed by atoms with Gasteiger partial charge in [-0.1, -0.05) is 29.8 Å². The fraction of sp³-hybridized carbons (Fsp3) is 0.250. The Balaban J connectivity index is 1.67. The number of aliphatic carboxylic acids is 1. The molecule has 0 aliphatic rings. The summed E-state index contributed by atoms with van der Waals surface area (Å²) in [5.41, 5.74) is 2.27. The Morgan fingerprint density at radius 3 is 2.11 bits per heavy atom. The third-order valence-corrected chi connectivity index (χ3v) is 5.94. The molecule has 0 radical (unpaired) electrons. The monoisotopic (exact) mass is 508 g/mol. The molecule has 0 aliphatic carbocycles. The molecule has 7 nitrogen and oxygen atoms in total. The minimum absolute atomic E-state index is 0.134. The molecule has 0 spiro atoms. The van der Waals surface area contributed by atoms with Gasteiger partial charge in [-0.15, -0.1) is 0 Å². The van der Waals surface area contributed by atoms with Crippen LogP contribution >= 0.6 is 11.6 Å². The normalized spacial score (nSPS) is 10.5. The highest BCUT2D eigenvalue weighted by Gasteiger charge is 2.19. The van der Waals surface area contributed by atoms with Gasteiger partial charge in [0.15, 0.2) is 0 Å². The van der Waals surface area contributed by atoms with E-state index in [4.69, 9.17) is 21.4 Å². The second kappa shape index (κ2) is 12.7. The Kier molecular flexibility index (Phi) is 9.47. The molecule has 2 amide bonds. The van der Waals surface area contributed by atoms with E-state index in [1.54, 1.807) is 68.7 Å². The number of carboxylic acids is 1. The maximum Gasteiger partial charge on any atom is 0.303 e. The Morgan fingerprint density at radius 1 is 0.806 bits per heavy atom. The maximum atomic E-state index is 13.2. The molecule has 0 fully saturated rings. The first kappa shape index (κ1) is 26.8. The number of carbonyl (C=O) groups excluding carboxylic acids is 2. The van der Waals surface area contributed by atoms with Gasteiger partial charge in [-0.05, 0) is 67.8 Å². The average molecular weight is 509 g/mol. The molecule has 0 atom stereocenters. The van der Waals surface area contributed by atoms with Gasteiger partial charge in [-0.25, -0.2) is 0 Å². The van der Waals surface area contributed by atoms with Crippen molar-refractivity contribution >= 4 is 40.8 Å². The first-order valence-corrected chi connectivity index (χ1v) is 12.0. The molecule has 1 N–H and O–H groups in total. The van der Waals surface area contributed by atoms with E-state index in [2.05, 4.69) is 0 Å². The molecule has 0 aromatic heterocycles. The molecule has 8 heteroatoms. The van der Waals surface area contributed by atoms with Crippen molar-refractivity contribution in [2.45, 2.75) is 25.7 Å². The average Bonchev–Trinajstić information content (AvgIpc) is 2.89. The molecule has 3 aromatic rings. The molecule has 0 aliphatic heterocycles. The standard InChI is InChI=1S/C28H29ClN2O5/c1-30(27(34)20-9-5-3-6-10-20)23-15-12-21(13-16-23)28(35)31(2)24-17-14-22(29)19-25(24)36-18-8-4-7-11-26(32)33/h3,5-6,9-10,12-17,19H,4,7-8,11,18H2,1-2H3,(H,32,33). The zero-order chi connectivity index (χ0) is 26.1. The number of benzene rings is 3. The predicted molar refractivity (Wildman–Crippen MR) is 141 cm³/mol. The van der Waals surface area contributed by atoms with Gasteiger partial charge in [0, 0.05) is 48.4 Å². The van der Waals surface area contributed by atoms with E-state index in [0.29, 0.717) is 52.7 Å². The first-order chi connectivity index (χ1) is 17.3. The summed E-state index contributed by atoms with van der Waals surface area (Å²) in [5, 5.41) is 9.22. The van der Waals surface area contributed by atoms with Gasteiger partial charge >= 0.3 is 5.97 Å². The number of carbonyl (C=O) groups is 3. The lowest BCUT2D eigenvalue weighted by Crippen LogP contribution is -2.28. The topological polar surface area (TPSA) is 87.2 Å². The Hall–Kier alpha value is -3.84. The van der Waals surface area contributed by atoms with Crippen LogP contribution in [0, 0.1) is 0 Å². The summed E-state index contributed by atoms with van der Waals surface area (Å²) in [6.07, 6.45) is 2.13. The minimum Gasteiger partial charge on any atom is -0.491 e. The number of halogens is 1. The van der Waals surface area contributed by atoms with Gasteiger partial charge in [0.1, 0.15) is 5.75 Å². The van der Waals surface area contributed by atoms with Crippen molar-refractivity contribution in [1.29, 1.82) is 0 Å². The van der Waals surface area contributed by atoms with Crippen LogP contribution in [0.5, 0.6) is 5.75 Å². The van der Waals surface area contributed by atoms with Gasteiger partial charge in [-0.3, -0.25) is 14.4 Å². The number of amides is 2. The van der Waals surface area contributed by atoms with Gasteiger partial charge in [0.05, 0.1) is 12.3 Å². The summed E-state index contributed by atoms with van der Waals surface area (Å²) < 4.78 is 5.88. The van der Waals surface area contributed by atoms with Crippen molar-refractivity contribution in [2.75, 3.05) is 30.5 Å². The van der Waals surface area contributed by atoms with Gasteiger partial charge in [0.2, 0.25) is 0 Å². The van der Waals surface area contributed by atoms with E-state index in [-0.39, 0.29) is 18.2 Å². The number of nitrogens with zero attached hydrogens (tertiary/aromatic N) is 2. The molecular formula is C28H29ClN2O5. The molecule has 188 valence electrons. The van der Waals surface area contributed by atoms with Crippen LogP contribution in [0.15, 0.2) is 72.8 Å². The largest absolute Gasteiger partial charge is 0.491 e. The number of hydrogen-bond acceptors (Lipinski definition) is 4. The summed E-state index contributed by atoms with van der Waals surface area (Å²) in [4.78, 5) is 39.6. The van der Waals surface area contributed by atoms with Crippen molar-refractivity contribution in [3.8, 4) is 5.75 Å². The van der Waals surface area contributed by atoms with E-state index < -0.39 is 5.97 Å². The van der Waals surface area contributed by atoms with Crippen LogP contribution in [-0.4, -0.2) is 43.6 Å². The third-order valence-electron chi connectivity index (χ3n) is 5.71. The molecule has 0 saturated heterocycles. The summed E-state index contributed by atoms with van der Waals surface area (Å²) in [6.45, 7) is 0.380. The lowest BCUT2D eigenvalue weighted by molar-refractivity contribution is -0.137. The predicted octanol–water partition coefficient (Wildman–Crippen LogP) is 5.92. The summed E-state index contributed by atoms with van der Waals surface area (Å²) in [5.74, 6) is -0.720. The zero-order valence-electron chi connectivity index (χ0n) is 20.3. The molecule has 0 saturated carbocycles. The quantitative estimate of drug-likeness (QED) is 0.325. The minimum atomic E-state index is -0.810. The van der Waals surface area contributed by atoms with E-state index in [1.165, 1.54) is 9.80 Å². The SMILES string of the molecule is CN(C(=O)c1ccccc1)c1ccc(C(=O)N(C)c2ccc(Cl)cc2OCCCCCC(=O)O)cc1. The molecule has 36 heavy (non-hydrogen) atoms. The van der Waals surface area contributed by atoms with Crippen molar-refractivity contribution < 1.29 is 24.2 Å². The Bertz CT molecular complexity index is 1200. The van der Waals surface area contributed by atoms with E-state index in [9.17, 15) is 14.4 Å². The van der Waals surface area contributed by atoms with Crippen molar-refractivity contribution in [1.82, 2.24) is 0 Å². The van der Waals surface area contributed by atoms with E-state index in [1.807, 2.05) is 18.2 Å². The number of hydrogen-bond donors (Lipinski definition) is 1. The van der Waals surface area contributed by atoms with Gasteiger partial charge in [-0.2, -0.15) is 0 Å². The molecular weight excluding hydrogens is 480 g/mol. The number of rotatable bonds is 11. The van der Waals surface area contributed by atoms with Crippen LogP contribution in [-0.2, 0) is 4.79 Å². The highest BCUT2D eigenvalue weighted by Crippen LogP contribution is 2.32. The molecule has 0 bridgehead atoms. The Morgan fingerprint density at radius 2 is 1.44 bits per heavy atom. The van der Waals surface area contributed by atoms with Crippen LogP contribution in [0.2, 0.25) is 5.02 Å². The van der Waals surface area contributed by atoms with E-state index >= 15 is 0 Å². The van der Waals surface area contributed by atoms with Gasteiger partial charge < -0.3 is 19.6 Å². The molecule has 3 aromatic carbocycles. The Labute approximate surface area is 215 Å². The maximum absolute atomic E-state index is 13.2. The van der Waals surface area contributed by atoms with Crippen LogP contribution < -0.4 is 14.5 Å². The highest BCUT2D eigenvalue weighted by atomic mass is 35.5. The number of ether oxygens (including phenoxy) is 1. The summed E-state index contributed by atoms with van der Waals surface area (Å²) >= 11 is 6.15. The van der Waals surface area contributed by atoms with Crippen LogP contribution in [0.25, 0.3) is 0 Å². The fourth-order valence-electron chi connectivity index (χ4n) is 3.64. The zero-order valence-corrected chi connectivity index (χ0v) is 21.1. The summed E-state index contributed by atoms with van der Waals surface area (Å²) in [6, 6.07) is 20.9.